The maximum Gasteiger partial charge on any atom is 0.222 e. The first-order valence-corrected chi connectivity index (χ1v) is 5.64. The molecular weight excluding hydrogens is 207 g/mol. The van der Waals surface area contributed by atoms with Crippen LogP contribution >= 0.6 is 0 Å². The Bertz CT molecular complexity index is 380. The van der Waals surface area contributed by atoms with Gasteiger partial charge in [-0.25, -0.2) is 9.37 Å². The van der Waals surface area contributed by atoms with Crippen LogP contribution in [0.1, 0.15) is 26.7 Å². The summed E-state index contributed by atoms with van der Waals surface area (Å²) in [5.41, 5.74) is 5.50. The molecule has 1 unspecified atom stereocenters. The maximum atomic E-state index is 13.6. The van der Waals surface area contributed by atoms with E-state index in [-0.39, 0.29) is 11.8 Å². The van der Waals surface area contributed by atoms with E-state index in [2.05, 4.69) is 23.8 Å². The Hall–Kier alpha value is -1.39. The van der Waals surface area contributed by atoms with E-state index in [1.54, 1.807) is 0 Å². The molecule has 1 saturated heterocycles. The Morgan fingerprint density at radius 3 is 3.00 bits per heavy atom. The van der Waals surface area contributed by atoms with E-state index < -0.39 is 0 Å². The summed E-state index contributed by atoms with van der Waals surface area (Å²) in [6, 6.07) is 0.351. The molecule has 4 nitrogen and oxygen atoms in total. The number of anilines is 2. The van der Waals surface area contributed by atoms with Crippen LogP contribution in [0.5, 0.6) is 0 Å². The van der Waals surface area contributed by atoms with E-state index in [0.717, 1.165) is 25.6 Å². The molecule has 1 aromatic rings. The minimum Gasteiger partial charge on any atom is -0.368 e. The Morgan fingerprint density at radius 1 is 1.56 bits per heavy atom. The van der Waals surface area contributed by atoms with Gasteiger partial charge in [0.05, 0.1) is 6.20 Å². The molecule has 16 heavy (non-hydrogen) atoms. The summed E-state index contributed by atoms with van der Waals surface area (Å²) in [5.74, 6) is 0.578. The molecule has 1 aliphatic heterocycles. The van der Waals surface area contributed by atoms with Crippen LogP contribution < -0.4 is 10.6 Å². The average molecular weight is 224 g/mol. The molecule has 0 aliphatic carbocycles. The molecule has 0 spiro atoms. The van der Waals surface area contributed by atoms with Gasteiger partial charge in [-0.3, -0.25) is 0 Å². The number of halogens is 1. The molecule has 0 amide bonds. The first-order chi connectivity index (χ1) is 7.59. The normalized spacial score (nSPS) is 20.8. The second kappa shape index (κ2) is 4.23. The van der Waals surface area contributed by atoms with Crippen molar-refractivity contribution in [1.29, 1.82) is 0 Å². The van der Waals surface area contributed by atoms with E-state index in [4.69, 9.17) is 5.73 Å². The first kappa shape index (κ1) is 11.1. The molecule has 88 valence electrons. The number of nitrogens with zero attached hydrogens (tertiary/aromatic N) is 3. The van der Waals surface area contributed by atoms with Crippen molar-refractivity contribution in [3.8, 4) is 0 Å². The number of nitrogens with two attached hydrogens (primary N) is 1. The summed E-state index contributed by atoms with van der Waals surface area (Å²) >= 11 is 0. The SMILES string of the molecule is CC(C)C1CCCN1c1nc(N)ncc1F. The van der Waals surface area contributed by atoms with Crippen molar-refractivity contribution in [3.05, 3.63) is 12.0 Å². The van der Waals surface area contributed by atoms with Crippen LogP contribution in [0.3, 0.4) is 0 Å². The Balaban J connectivity index is 2.32. The lowest BCUT2D eigenvalue weighted by Gasteiger charge is -2.28. The maximum absolute atomic E-state index is 13.6. The van der Waals surface area contributed by atoms with Crippen molar-refractivity contribution in [3.63, 3.8) is 0 Å². The molecule has 2 N–H and O–H groups in total. The molecule has 1 aromatic heterocycles. The van der Waals surface area contributed by atoms with E-state index in [1.807, 2.05) is 4.90 Å². The van der Waals surface area contributed by atoms with Crippen LogP contribution in [0.2, 0.25) is 0 Å². The third-order valence-electron chi connectivity index (χ3n) is 3.09. The second-order valence-corrected chi connectivity index (χ2v) is 4.55. The van der Waals surface area contributed by atoms with Gasteiger partial charge in [0.1, 0.15) is 0 Å². The number of rotatable bonds is 2. The van der Waals surface area contributed by atoms with Gasteiger partial charge in [-0.15, -0.1) is 0 Å². The Morgan fingerprint density at radius 2 is 2.31 bits per heavy atom. The predicted octanol–water partition coefficient (Wildman–Crippen LogP) is 1.82. The van der Waals surface area contributed by atoms with Crippen LogP contribution in [0.4, 0.5) is 16.2 Å². The zero-order valence-electron chi connectivity index (χ0n) is 9.65. The van der Waals surface area contributed by atoms with Crippen molar-refractivity contribution < 1.29 is 4.39 Å². The smallest absolute Gasteiger partial charge is 0.222 e. The van der Waals surface area contributed by atoms with Crippen molar-refractivity contribution in [2.75, 3.05) is 17.2 Å². The molecule has 1 aliphatic rings. The van der Waals surface area contributed by atoms with E-state index >= 15 is 0 Å². The first-order valence-electron chi connectivity index (χ1n) is 5.64. The van der Waals surface area contributed by atoms with Crippen LogP contribution in [-0.4, -0.2) is 22.6 Å². The number of nitrogen functional groups attached to an aromatic ring is 1. The van der Waals surface area contributed by atoms with Crippen LogP contribution in [-0.2, 0) is 0 Å². The zero-order chi connectivity index (χ0) is 11.7. The lowest BCUT2D eigenvalue weighted by atomic mass is 10.0. The summed E-state index contributed by atoms with van der Waals surface area (Å²) in [5, 5.41) is 0. The largest absolute Gasteiger partial charge is 0.368 e. The zero-order valence-corrected chi connectivity index (χ0v) is 9.65. The fraction of sp³-hybridized carbons (Fsp3) is 0.636. The quantitative estimate of drug-likeness (QED) is 0.832. The molecule has 1 atom stereocenters. The van der Waals surface area contributed by atoms with Gasteiger partial charge in [0.15, 0.2) is 11.6 Å². The molecule has 1 fully saturated rings. The van der Waals surface area contributed by atoms with Gasteiger partial charge in [-0.1, -0.05) is 13.8 Å². The number of aromatic nitrogens is 2. The highest BCUT2D eigenvalue weighted by Crippen LogP contribution is 2.29. The van der Waals surface area contributed by atoms with Gasteiger partial charge in [-0.2, -0.15) is 4.98 Å². The van der Waals surface area contributed by atoms with Gasteiger partial charge < -0.3 is 10.6 Å². The summed E-state index contributed by atoms with van der Waals surface area (Å²) in [7, 11) is 0. The number of hydrogen-bond donors (Lipinski definition) is 1. The predicted molar refractivity (Wildman–Crippen MR) is 61.6 cm³/mol. The minimum absolute atomic E-state index is 0.130. The highest BCUT2D eigenvalue weighted by atomic mass is 19.1. The van der Waals surface area contributed by atoms with Crippen molar-refractivity contribution in [1.82, 2.24) is 9.97 Å². The van der Waals surface area contributed by atoms with Gasteiger partial charge in [0.2, 0.25) is 5.95 Å². The molecule has 2 rings (SSSR count). The molecule has 2 heterocycles. The number of hydrogen-bond acceptors (Lipinski definition) is 4. The van der Waals surface area contributed by atoms with Gasteiger partial charge in [0, 0.05) is 12.6 Å². The summed E-state index contributed by atoms with van der Waals surface area (Å²) in [4.78, 5) is 9.66. The second-order valence-electron chi connectivity index (χ2n) is 4.55. The van der Waals surface area contributed by atoms with Gasteiger partial charge >= 0.3 is 0 Å². The molecule has 0 bridgehead atoms. The van der Waals surface area contributed by atoms with Crippen LogP contribution in [0.25, 0.3) is 0 Å². The molecule has 0 radical (unpaired) electrons. The van der Waals surface area contributed by atoms with E-state index in [1.165, 1.54) is 0 Å². The molecular formula is C11H17FN4. The Kier molecular flexibility index (Phi) is 2.94. The van der Waals surface area contributed by atoms with Gasteiger partial charge in [-0.05, 0) is 18.8 Å². The summed E-state index contributed by atoms with van der Waals surface area (Å²) < 4.78 is 13.6. The van der Waals surface area contributed by atoms with Crippen LogP contribution in [0.15, 0.2) is 6.20 Å². The standard InChI is InChI=1S/C11H17FN4/c1-7(2)9-4-3-5-16(9)10-8(12)6-14-11(13)15-10/h6-7,9H,3-5H2,1-2H3,(H2,13,14,15). The molecule has 0 saturated carbocycles. The highest BCUT2D eigenvalue weighted by Gasteiger charge is 2.30. The summed E-state index contributed by atoms with van der Waals surface area (Å²) in [6.45, 7) is 5.13. The fourth-order valence-corrected chi connectivity index (χ4v) is 2.32. The van der Waals surface area contributed by atoms with Crippen molar-refractivity contribution in [2.24, 2.45) is 5.92 Å². The van der Waals surface area contributed by atoms with E-state index in [0.29, 0.717) is 17.8 Å². The van der Waals surface area contributed by atoms with Crippen LogP contribution in [0, 0.1) is 11.7 Å². The Labute approximate surface area is 94.7 Å². The van der Waals surface area contributed by atoms with Crippen molar-refractivity contribution >= 4 is 11.8 Å². The topological polar surface area (TPSA) is 55.0 Å². The highest BCUT2D eigenvalue weighted by molar-refractivity contribution is 5.44. The molecule has 5 heteroatoms. The average Bonchev–Trinajstić information content (AvgIpc) is 2.70. The summed E-state index contributed by atoms with van der Waals surface area (Å²) in [6.07, 6.45) is 3.31. The lowest BCUT2D eigenvalue weighted by molar-refractivity contribution is 0.482. The fourth-order valence-electron chi connectivity index (χ4n) is 2.32. The van der Waals surface area contributed by atoms with Crippen molar-refractivity contribution in [2.45, 2.75) is 32.7 Å². The van der Waals surface area contributed by atoms with E-state index in [9.17, 15) is 4.39 Å². The monoisotopic (exact) mass is 224 g/mol. The lowest BCUT2D eigenvalue weighted by Crippen LogP contribution is -2.34. The third kappa shape index (κ3) is 1.94. The minimum atomic E-state index is -0.387. The van der Waals surface area contributed by atoms with Gasteiger partial charge in [0.25, 0.3) is 0 Å². The third-order valence-corrected chi connectivity index (χ3v) is 3.09. The molecule has 0 aromatic carbocycles.